The predicted molar refractivity (Wildman–Crippen MR) is 73.8 cm³/mol. The average Bonchev–Trinajstić information content (AvgIpc) is 2.68. The van der Waals surface area contributed by atoms with Crippen LogP contribution in [0.5, 0.6) is 0 Å². The van der Waals surface area contributed by atoms with Crippen LogP contribution in [0.2, 0.25) is 0 Å². The zero-order valence-corrected chi connectivity index (χ0v) is 11.8. The van der Waals surface area contributed by atoms with Crippen molar-refractivity contribution in [2.24, 2.45) is 5.73 Å². The van der Waals surface area contributed by atoms with Crippen molar-refractivity contribution in [1.29, 1.82) is 0 Å². The number of thiophene rings is 1. The molecule has 2 N–H and O–H groups in total. The third-order valence-corrected chi connectivity index (χ3v) is 4.32. The van der Waals surface area contributed by atoms with E-state index < -0.39 is 0 Å². The van der Waals surface area contributed by atoms with E-state index in [1.54, 1.807) is 30.4 Å². The maximum atomic E-state index is 13.9. The van der Waals surface area contributed by atoms with Gasteiger partial charge in [0.25, 0.3) is 0 Å². The van der Waals surface area contributed by atoms with Crippen molar-refractivity contribution in [2.75, 3.05) is 0 Å². The first kappa shape index (κ1) is 12.7. The summed E-state index contributed by atoms with van der Waals surface area (Å²) in [6, 6.07) is 9.07. The number of halogens is 2. The minimum atomic E-state index is -0.291. The van der Waals surface area contributed by atoms with Gasteiger partial charge in [-0.2, -0.15) is 0 Å². The highest BCUT2D eigenvalue weighted by Crippen LogP contribution is 2.27. The Morgan fingerprint density at radius 2 is 2.12 bits per heavy atom. The Hall–Kier alpha value is -0.710. The summed E-state index contributed by atoms with van der Waals surface area (Å²) in [5.74, 6) is -0.185. The lowest BCUT2D eigenvalue weighted by atomic mass is 10.0. The summed E-state index contributed by atoms with van der Waals surface area (Å²) in [7, 11) is 0. The number of rotatable bonds is 3. The van der Waals surface area contributed by atoms with Crippen LogP contribution in [0.15, 0.2) is 34.1 Å². The van der Waals surface area contributed by atoms with E-state index in [-0.39, 0.29) is 11.9 Å². The molecule has 0 saturated carbocycles. The standard InChI is InChI=1S/C13H13BrFNS/c1-8-3-2-4-10(13(8)15)11(16)7-9-5-6-12(14)17-9/h2-6,11H,7,16H2,1H3. The molecule has 0 radical (unpaired) electrons. The molecule has 1 nitrogen and oxygen atoms in total. The largest absolute Gasteiger partial charge is 0.324 e. The summed E-state index contributed by atoms with van der Waals surface area (Å²) in [4.78, 5) is 1.16. The van der Waals surface area contributed by atoms with E-state index in [4.69, 9.17) is 5.73 Å². The molecule has 1 heterocycles. The molecule has 0 fully saturated rings. The van der Waals surface area contributed by atoms with E-state index in [2.05, 4.69) is 15.9 Å². The first-order chi connectivity index (χ1) is 8.08. The van der Waals surface area contributed by atoms with E-state index in [1.807, 2.05) is 18.2 Å². The topological polar surface area (TPSA) is 26.0 Å². The lowest BCUT2D eigenvalue weighted by molar-refractivity contribution is 0.574. The maximum absolute atomic E-state index is 13.9. The molecule has 0 spiro atoms. The average molecular weight is 314 g/mol. The number of nitrogens with two attached hydrogens (primary N) is 1. The highest BCUT2D eigenvalue weighted by Gasteiger charge is 2.14. The van der Waals surface area contributed by atoms with Gasteiger partial charge in [0.05, 0.1) is 3.79 Å². The minimum Gasteiger partial charge on any atom is -0.324 e. The molecule has 17 heavy (non-hydrogen) atoms. The molecule has 1 aromatic carbocycles. The van der Waals surface area contributed by atoms with Crippen molar-refractivity contribution in [3.05, 3.63) is 55.9 Å². The molecule has 0 aliphatic rings. The molecule has 4 heteroatoms. The van der Waals surface area contributed by atoms with Crippen LogP contribution in [0.3, 0.4) is 0 Å². The van der Waals surface area contributed by atoms with Crippen LogP contribution in [0.1, 0.15) is 22.0 Å². The van der Waals surface area contributed by atoms with Crippen molar-refractivity contribution in [3.8, 4) is 0 Å². The SMILES string of the molecule is Cc1cccc(C(N)Cc2ccc(Br)s2)c1F. The molecule has 1 aromatic heterocycles. The highest BCUT2D eigenvalue weighted by atomic mass is 79.9. The fourth-order valence-corrected chi connectivity index (χ4v) is 3.29. The van der Waals surface area contributed by atoms with E-state index in [0.29, 0.717) is 17.5 Å². The molecule has 0 aliphatic carbocycles. The van der Waals surface area contributed by atoms with Crippen LogP contribution in [0.25, 0.3) is 0 Å². The van der Waals surface area contributed by atoms with Gasteiger partial charge in [-0.1, -0.05) is 18.2 Å². The Morgan fingerprint density at radius 1 is 1.35 bits per heavy atom. The summed E-state index contributed by atoms with van der Waals surface area (Å²) >= 11 is 5.04. The number of aryl methyl sites for hydroxylation is 1. The van der Waals surface area contributed by atoms with Crippen LogP contribution in [-0.4, -0.2) is 0 Å². The van der Waals surface area contributed by atoms with E-state index >= 15 is 0 Å². The summed E-state index contributed by atoms with van der Waals surface area (Å²) in [5.41, 5.74) is 7.29. The van der Waals surface area contributed by atoms with Crippen LogP contribution in [0.4, 0.5) is 4.39 Å². The van der Waals surface area contributed by atoms with Gasteiger partial charge in [0.1, 0.15) is 5.82 Å². The smallest absolute Gasteiger partial charge is 0.130 e. The van der Waals surface area contributed by atoms with E-state index in [9.17, 15) is 4.39 Å². The van der Waals surface area contributed by atoms with Gasteiger partial charge in [0.2, 0.25) is 0 Å². The lowest BCUT2D eigenvalue weighted by Gasteiger charge is -2.13. The quantitative estimate of drug-likeness (QED) is 0.903. The summed E-state index contributed by atoms with van der Waals surface area (Å²) in [5, 5.41) is 0. The fourth-order valence-electron chi connectivity index (χ4n) is 1.74. The van der Waals surface area contributed by atoms with Crippen molar-refractivity contribution in [2.45, 2.75) is 19.4 Å². The van der Waals surface area contributed by atoms with Gasteiger partial charge in [-0.3, -0.25) is 0 Å². The molecule has 1 unspecified atom stereocenters. The monoisotopic (exact) mass is 313 g/mol. The van der Waals surface area contributed by atoms with Crippen LogP contribution in [-0.2, 0) is 6.42 Å². The number of benzene rings is 1. The molecule has 2 aromatic rings. The molecule has 0 bridgehead atoms. The Bertz CT molecular complexity index is 524. The minimum absolute atomic E-state index is 0.185. The molecular weight excluding hydrogens is 301 g/mol. The van der Waals surface area contributed by atoms with Gasteiger partial charge < -0.3 is 5.73 Å². The molecule has 2 rings (SSSR count). The molecule has 90 valence electrons. The Morgan fingerprint density at radius 3 is 2.76 bits per heavy atom. The van der Waals surface area contributed by atoms with Gasteiger partial charge >= 0.3 is 0 Å². The predicted octanol–water partition coefficient (Wildman–Crippen LogP) is 4.20. The molecular formula is C13H13BrFNS. The summed E-state index contributed by atoms with van der Waals surface area (Å²) < 4.78 is 14.9. The Balaban J connectivity index is 2.20. The first-order valence-corrected chi connectivity index (χ1v) is 6.93. The normalized spacial score (nSPS) is 12.7. The van der Waals surface area contributed by atoms with Crippen molar-refractivity contribution >= 4 is 27.3 Å². The Kier molecular flexibility index (Phi) is 3.97. The lowest BCUT2D eigenvalue weighted by Crippen LogP contribution is -2.14. The van der Waals surface area contributed by atoms with Gasteiger partial charge in [-0.25, -0.2) is 4.39 Å². The second-order valence-corrected chi connectivity index (χ2v) is 6.54. The summed E-state index contributed by atoms with van der Waals surface area (Å²) in [6.45, 7) is 1.76. The third-order valence-electron chi connectivity index (χ3n) is 2.67. The van der Waals surface area contributed by atoms with E-state index in [0.717, 1.165) is 8.66 Å². The van der Waals surface area contributed by atoms with Crippen LogP contribution >= 0.6 is 27.3 Å². The molecule has 0 aliphatic heterocycles. The highest BCUT2D eigenvalue weighted by molar-refractivity contribution is 9.11. The number of hydrogen-bond acceptors (Lipinski definition) is 2. The third kappa shape index (κ3) is 2.94. The van der Waals surface area contributed by atoms with Crippen LogP contribution < -0.4 is 5.73 Å². The second kappa shape index (κ2) is 5.29. The molecule has 0 amide bonds. The maximum Gasteiger partial charge on any atom is 0.130 e. The Labute approximate surface area is 113 Å². The van der Waals surface area contributed by atoms with Crippen molar-refractivity contribution < 1.29 is 4.39 Å². The fraction of sp³-hybridized carbons (Fsp3) is 0.231. The van der Waals surface area contributed by atoms with E-state index in [1.165, 1.54) is 0 Å². The second-order valence-electron chi connectivity index (χ2n) is 3.99. The zero-order valence-electron chi connectivity index (χ0n) is 9.41. The van der Waals surface area contributed by atoms with Crippen molar-refractivity contribution in [3.63, 3.8) is 0 Å². The van der Waals surface area contributed by atoms with Gasteiger partial charge in [0, 0.05) is 22.9 Å². The summed E-state index contributed by atoms with van der Waals surface area (Å²) in [6.07, 6.45) is 0.663. The molecule has 0 saturated heterocycles. The van der Waals surface area contributed by atoms with Gasteiger partial charge in [-0.15, -0.1) is 11.3 Å². The molecule has 1 atom stereocenters. The first-order valence-electron chi connectivity index (χ1n) is 5.32. The zero-order chi connectivity index (χ0) is 12.4. The van der Waals surface area contributed by atoms with Crippen LogP contribution in [0, 0.1) is 12.7 Å². The van der Waals surface area contributed by atoms with Crippen molar-refractivity contribution in [1.82, 2.24) is 0 Å². The van der Waals surface area contributed by atoms with Gasteiger partial charge in [0.15, 0.2) is 0 Å². The van der Waals surface area contributed by atoms with Gasteiger partial charge in [-0.05, 0) is 40.5 Å². The number of hydrogen-bond donors (Lipinski definition) is 1.